The minimum absolute atomic E-state index is 0.141. The van der Waals surface area contributed by atoms with Crippen LogP contribution >= 0.6 is 0 Å². The first-order chi connectivity index (χ1) is 15.5. The Morgan fingerprint density at radius 2 is 1.81 bits per heavy atom. The van der Waals surface area contributed by atoms with Crippen LogP contribution in [0.25, 0.3) is 11.3 Å². The summed E-state index contributed by atoms with van der Waals surface area (Å²) in [7, 11) is 0. The van der Waals surface area contributed by atoms with Crippen molar-refractivity contribution in [1.82, 2.24) is 15.1 Å². The van der Waals surface area contributed by atoms with Gasteiger partial charge in [0.05, 0.1) is 5.69 Å². The van der Waals surface area contributed by atoms with E-state index in [1.54, 1.807) is 11.0 Å². The van der Waals surface area contributed by atoms with Crippen LogP contribution in [-0.2, 0) is 9.53 Å². The number of carbonyl (C=O) groups excluding carboxylic acids is 2. The first-order valence-electron chi connectivity index (χ1n) is 10.2. The molecule has 0 radical (unpaired) electrons. The number of nitrogens with one attached hydrogen (secondary N) is 1. The second-order valence-electron chi connectivity index (χ2n) is 7.38. The van der Waals surface area contributed by atoms with E-state index in [1.807, 2.05) is 30.3 Å². The van der Waals surface area contributed by atoms with Crippen molar-refractivity contribution in [3.8, 4) is 17.0 Å². The molecule has 7 nitrogen and oxygen atoms in total. The molecule has 4 rings (SSSR count). The second-order valence-corrected chi connectivity index (χ2v) is 7.38. The van der Waals surface area contributed by atoms with Gasteiger partial charge in [-0.2, -0.15) is 5.10 Å². The van der Waals surface area contributed by atoms with E-state index in [9.17, 15) is 18.4 Å². The quantitative estimate of drug-likeness (QED) is 0.591. The number of piperidine rings is 1. The van der Waals surface area contributed by atoms with Crippen molar-refractivity contribution < 1.29 is 27.8 Å². The summed E-state index contributed by atoms with van der Waals surface area (Å²) >= 11 is 0. The number of nitrogens with zero attached hydrogens (tertiary/aromatic N) is 2. The minimum Gasteiger partial charge on any atom is -0.487 e. The molecule has 1 saturated heterocycles. The molecule has 1 N–H and O–H groups in total. The van der Waals surface area contributed by atoms with Gasteiger partial charge in [-0.3, -0.25) is 9.89 Å². The number of H-pyrrole nitrogens is 1. The standard InChI is InChI=1S/C23H21F2N3O4/c24-16-6-7-18(25)21(12-16)32-17-8-10-28(11-9-17)22(29)14-31-23(30)20-13-19(26-27-20)15-4-2-1-3-5-15/h1-7,12-13,17H,8-11,14H2,(H,26,27). The molecule has 1 aromatic heterocycles. The van der Waals surface area contributed by atoms with Gasteiger partial charge in [0.15, 0.2) is 18.2 Å². The molecule has 0 saturated carbocycles. The number of esters is 1. The molecule has 0 aliphatic carbocycles. The Balaban J connectivity index is 1.24. The maximum Gasteiger partial charge on any atom is 0.356 e. The van der Waals surface area contributed by atoms with Gasteiger partial charge in [0, 0.05) is 37.6 Å². The minimum atomic E-state index is -0.673. The maximum atomic E-state index is 13.7. The van der Waals surface area contributed by atoms with E-state index in [0.29, 0.717) is 31.6 Å². The van der Waals surface area contributed by atoms with Crippen molar-refractivity contribution in [3.63, 3.8) is 0 Å². The number of halogens is 2. The average molecular weight is 441 g/mol. The smallest absolute Gasteiger partial charge is 0.356 e. The van der Waals surface area contributed by atoms with Crippen molar-refractivity contribution in [2.45, 2.75) is 18.9 Å². The summed E-state index contributed by atoms with van der Waals surface area (Å²) in [6.45, 7) is 0.322. The summed E-state index contributed by atoms with van der Waals surface area (Å²) in [5, 5.41) is 6.71. The third kappa shape index (κ3) is 5.11. The molecule has 3 aromatic rings. The molecule has 0 spiro atoms. The van der Waals surface area contributed by atoms with Crippen LogP contribution in [0.2, 0.25) is 0 Å². The number of hydrogen-bond donors (Lipinski definition) is 1. The number of aromatic amines is 1. The third-order valence-corrected chi connectivity index (χ3v) is 5.18. The molecule has 2 heterocycles. The van der Waals surface area contributed by atoms with Crippen molar-refractivity contribution >= 4 is 11.9 Å². The molecular weight excluding hydrogens is 420 g/mol. The maximum absolute atomic E-state index is 13.7. The largest absolute Gasteiger partial charge is 0.487 e. The Morgan fingerprint density at radius 3 is 2.56 bits per heavy atom. The van der Waals surface area contributed by atoms with Crippen LogP contribution in [-0.4, -0.2) is 52.8 Å². The first kappa shape index (κ1) is 21.5. The van der Waals surface area contributed by atoms with Gasteiger partial charge in [0.25, 0.3) is 5.91 Å². The highest BCUT2D eigenvalue weighted by Crippen LogP contribution is 2.23. The Kier molecular flexibility index (Phi) is 6.44. The average Bonchev–Trinajstić information content (AvgIpc) is 3.31. The van der Waals surface area contributed by atoms with Crippen LogP contribution in [0.15, 0.2) is 54.6 Å². The molecule has 1 fully saturated rings. The van der Waals surface area contributed by atoms with E-state index in [0.717, 1.165) is 23.8 Å². The van der Waals surface area contributed by atoms with Crippen molar-refractivity contribution in [2.75, 3.05) is 19.7 Å². The van der Waals surface area contributed by atoms with E-state index < -0.39 is 24.2 Å². The first-order valence-corrected chi connectivity index (χ1v) is 10.2. The molecule has 2 aromatic carbocycles. The highest BCUT2D eigenvalue weighted by molar-refractivity contribution is 5.90. The predicted octanol–water partition coefficient (Wildman–Crippen LogP) is 3.58. The molecule has 166 valence electrons. The second kappa shape index (κ2) is 9.59. The fourth-order valence-electron chi connectivity index (χ4n) is 3.45. The lowest BCUT2D eigenvalue weighted by Crippen LogP contribution is -2.43. The number of amides is 1. The normalized spacial score (nSPS) is 14.2. The number of hydrogen-bond acceptors (Lipinski definition) is 5. The lowest BCUT2D eigenvalue weighted by Gasteiger charge is -2.32. The fourth-order valence-corrected chi connectivity index (χ4v) is 3.45. The molecule has 9 heteroatoms. The van der Waals surface area contributed by atoms with Crippen LogP contribution in [0, 0.1) is 11.6 Å². The monoisotopic (exact) mass is 441 g/mol. The fraction of sp³-hybridized carbons (Fsp3) is 0.261. The van der Waals surface area contributed by atoms with Gasteiger partial charge in [-0.05, 0) is 18.2 Å². The summed E-state index contributed by atoms with van der Waals surface area (Å²) in [5.74, 6) is -2.36. The zero-order valence-corrected chi connectivity index (χ0v) is 17.1. The number of aromatic nitrogens is 2. The Labute approximate surface area is 182 Å². The van der Waals surface area contributed by atoms with Crippen LogP contribution in [0.1, 0.15) is 23.3 Å². The van der Waals surface area contributed by atoms with Gasteiger partial charge in [-0.1, -0.05) is 30.3 Å². The lowest BCUT2D eigenvalue weighted by atomic mass is 10.1. The van der Waals surface area contributed by atoms with E-state index in [-0.39, 0.29) is 23.5 Å². The molecule has 0 unspecified atom stereocenters. The molecular formula is C23H21F2N3O4. The number of benzene rings is 2. The van der Waals surface area contributed by atoms with E-state index >= 15 is 0 Å². The summed E-state index contributed by atoms with van der Waals surface area (Å²) in [6, 6.07) is 14.0. The summed E-state index contributed by atoms with van der Waals surface area (Å²) in [4.78, 5) is 26.2. The highest BCUT2D eigenvalue weighted by atomic mass is 19.1. The zero-order valence-electron chi connectivity index (χ0n) is 17.1. The summed E-state index contributed by atoms with van der Waals surface area (Å²) < 4.78 is 37.7. The van der Waals surface area contributed by atoms with Gasteiger partial charge in [-0.25, -0.2) is 13.6 Å². The van der Waals surface area contributed by atoms with Gasteiger partial charge >= 0.3 is 5.97 Å². The van der Waals surface area contributed by atoms with Gasteiger partial charge < -0.3 is 14.4 Å². The van der Waals surface area contributed by atoms with Crippen LogP contribution in [0.4, 0.5) is 8.78 Å². The Morgan fingerprint density at radius 1 is 1.06 bits per heavy atom. The molecule has 1 aliphatic heterocycles. The molecule has 0 bridgehead atoms. The van der Waals surface area contributed by atoms with Crippen LogP contribution in [0.5, 0.6) is 5.75 Å². The van der Waals surface area contributed by atoms with Gasteiger partial charge in [0.2, 0.25) is 0 Å². The van der Waals surface area contributed by atoms with Crippen molar-refractivity contribution in [3.05, 3.63) is 71.9 Å². The van der Waals surface area contributed by atoms with Crippen molar-refractivity contribution in [2.24, 2.45) is 0 Å². The summed E-state index contributed by atoms with van der Waals surface area (Å²) in [6.07, 6.45) is 0.576. The molecule has 1 aliphatic rings. The van der Waals surface area contributed by atoms with Crippen LogP contribution in [0.3, 0.4) is 0 Å². The number of carbonyl (C=O) groups is 2. The van der Waals surface area contributed by atoms with Crippen molar-refractivity contribution in [1.29, 1.82) is 0 Å². The highest BCUT2D eigenvalue weighted by Gasteiger charge is 2.26. The lowest BCUT2D eigenvalue weighted by molar-refractivity contribution is -0.136. The summed E-state index contributed by atoms with van der Waals surface area (Å²) in [5.41, 5.74) is 1.60. The van der Waals surface area contributed by atoms with E-state index in [2.05, 4.69) is 10.2 Å². The molecule has 1 amide bonds. The van der Waals surface area contributed by atoms with E-state index in [4.69, 9.17) is 9.47 Å². The van der Waals surface area contributed by atoms with E-state index in [1.165, 1.54) is 0 Å². The molecule has 0 atom stereocenters. The van der Waals surface area contributed by atoms with Gasteiger partial charge in [-0.15, -0.1) is 0 Å². The van der Waals surface area contributed by atoms with Gasteiger partial charge in [0.1, 0.15) is 17.6 Å². The van der Waals surface area contributed by atoms with Crippen LogP contribution < -0.4 is 4.74 Å². The topological polar surface area (TPSA) is 84.5 Å². The Bertz CT molecular complexity index is 1100. The number of ether oxygens (including phenoxy) is 2. The zero-order chi connectivity index (χ0) is 22.5. The predicted molar refractivity (Wildman–Crippen MR) is 111 cm³/mol. The third-order valence-electron chi connectivity index (χ3n) is 5.18. The number of rotatable bonds is 6. The Hall–Kier alpha value is -3.75. The number of likely N-dealkylation sites (tertiary alicyclic amines) is 1. The SMILES string of the molecule is O=C(OCC(=O)N1CCC(Oc2cc(F)ccc2F)CC1)c1cc(-c2ccccc2)n[nH]1. The molecule has 32 heavy (non-hydrogen) atoms.